The molecule has 0 amide bonds. The van der Waals surface area contributed by atoms with Gasteiger partial charge in [-0.05, 0) is 6.42 Å². The molecule has 1 heteroatoms. The zero-order valence-corrected chi connectivity index (χ0v) is 11.1. The quantitative estimate of drug-likeness (QED) is 0.423. The van der Waals surface area contributed by atoms with Crippen LogP contribution in [0.25, 0.3) is 0 Å². The van der Waals surface area contributed by atoms with E-state index in [9.17, 15) is 0 Å². The minimum absolute atomic E-state index is 0.816. The van der Waals surface area contributed by atoms with Crippen LogP contribution in [-0.4, -0.2) is 6.71 Å². The predicted octanol–water partition coefficient (Wildman–Crippen LogP) is 5.37. The molecule has 0 fully saturated rings. The van der Waals surface area contributed by atoms with Crippen molar-refractivity contribution in [1.82, 2.24) is 0 Å². The molecule has 0 aliphatic heterocycles. The Morgan fingerprint density at radius 3 is 1.73 bits per heavy atom. The SMILES string of the molecule is C=C(CCCC)B(CCCC)CCCC. The second kappa shape index (κ2) is 10.3. The second-order valence-corrected chi connectivity index (χ2v) is 4.74. The van der Waals surface area contributed by atoms with Gasteiger partial charge < -0.3 is 0 Å². The molecule has 88 valence electrons. The van der Waals surface area contributed by atoms with E-state index >= 15 is 0 Å². The largest absolute Gasteiger partial charge is 0.169 e. The average Bonchev–Trinajstić information content (AvgIpc) is 2.26. The smallest absolute Gasteiger partial charge is 0.109 e. The molecular weight excluding hydrogens is 179 g/mol. The van der Waals surface area contributed by atoms with Gasteiger partial charge in [-0.15, -0.1) is 12.1 Å². The Balaban J connectivity index is 3.90. The Morgan fingerprint density at radius 1 is 0.867 bits per heavy atom. The lowest BCUT2D eigenvalue weighted by Gasteiger charge is -2.15. The first-order valence-electron chi connectivity index (χ1n) is 6.93. The van der Waals surface area contributed by atoms with E-state index in [0.29, 0.717) is 0 Å². The molecule has 0 atom stereocenters. The standard InChI is InChI=1S/C14H29B/c1-5-8-11-14(4)15(12-9-6-2)13-10-7-3/h4-13H2,1-3H3. The zero-order valence-electron chi connectivity index (χ0n) is 11.1. The van der Waals surface area contributed by atoms with Gasteiger partial charge in [0.25, 0.3) is 0 Å². The van der Waals surface area contributed by atoms with Crippen molar-refractivity contribution in [1.29, 1.82) is 0 Å². The molecule has 0 saturated carbocycles. The summed E-state index contributed by atoms with van der Waals surface area (Å²) in [6, 6.07) is 0. The van der Waals surface area contributed by atoms with Crippen LogP contribution in [0.15, 0.2) is 12.1 Å². The van der Waals surface area contributed by atoms with Crippen molar-refractivity contribution >= 4 is 6.71 Å². The highest BCUT2D eigenvalue weighted by molar-refractivity contribution is 6.66. The van der Waals surface area contributed by atoms with E-state index in [1.165, 1.54) is 63.1 Å². The number of hydrogen-bond acceptors (Lipinski definition) is 0. The molecule has 0 bridgehead atoms. The first kappa shape index (κ1) is 14.8. The van der Waals surface area contributed by atoms with Crippen LogP contribution in [0.5, 0.6) is 0 Å². The van der Waals surface area contributed by atoms with Crippen LogP contribution < -0.4 is 0 Å². The highest BCUT2D eigenvalue weighted by Crippen LogP contribution is 2.19. The Morgan fingerprint density at radius 2 is 1.33 bits per heavy atom. The molecule has 0 spiro atoms. The predicted molar refractivity (Wildman–Crippen MR) is 73.8 cm³/mol. The van der Waals surface area contributed by atoms with E-state index in [1.807, 2.05) is 0 Å². The van der Waals surface area contributed by atoms with E-state index < -0.39 is 0 Å². The molecule has 0 aliphatic carbocycles. The molecule has 0 aromatic carbocycles. The summed E-state index contributed by atoms with van der Waals surface area (Å²) in [4.78, 5) is 0. The Bertz CT molecular complexity index is 143. The van der Waals surface area contributed by atoms with Crippen molar-refractivity contribution in [2.45, 2.75) is 78.4 Å². The summed E-state index contributed by atoms with van der Waals surface area (Å²) >= 11 is 0. The molecule has 0 aromatic heterocycles. The number of unbranched alkanes of at least 4 members (excludes halogenated alkanes) is 3. The minimum Gasteiger partial charge on any atom is -0.109 e. The van der Waals surface area contributed by atoms with Crippen LogP contribution in [0, 0.1) is 0 Å². The fourth-order valence-electron chi connectivity index (χ4n) is 2.06. The summed E-state index contributed by atoms with van der Waals surface area (Å²) < 4.78 is 0. The van der Waals surface area contributed by atoms with E-state index in [0.717, 1.165) is 6.71 Å². The van der Waals surface area contributed by atoms with Gasteiger partial charge >= 0.3 is 0 Å². The van der Waals surface area contributed by atoms with Crippen molar-refractivity contribution in [3.63, 3.8) is 0 Å². The molecule has 0 aliphatic rings. The molecule has 15 heavy (non-hydrogen) atoms. The lowest BCUT2D eigenvalue weighted by Crippen LogP contribution is -2.15. The lowest BCUT2D eigenvalue weighted by atomic mass is 9.38. The maximum Gasteiger partial charge on any atom is 0.169 e. The van der Waals surface area contributed by atoms with Crippen LogP contribution in [0.4, 0.5) is 0 Å². The van der Waals surface area contributed by atoms with Crippen LogP contribution in [0.1, 0.15) is 65.7 Å². The van der Waals surface area contributed by atoms with Gasteiger partial charge in [-0.1, -0.05) is 71.9 Å². The molecule has 0 radical (unpaired) electrons. The minimum atomic E-state index is 0.816. The van der Waals surface area contributed by atoms with Crippen LogP contribution in [0.2, 0.25) is 12.6 Å². The first-order chi connectivity index (χ1) is 7.26. The molecule has 0 rings (SSSR count). The number of allylic oxidation sites excluding steroid dienone is 1. The van der Waals surface area contributed by atoms with Gasteiger partial charge in [-0.3, -0.25) is 0 Å². The van der Waals surface area contributed by atoms with E-state index in [1.54, 1.807) is 0 Å². The second-order valence-electron chi connectivity index (χ2n) is 4.74. The summed E-state index contributed by atoms with van der Waals surface area (Å²) in [5.74, 6) is 0. The van der Waals surface area contributed by atoms with Crippen molar-refractivity contribution in [3.8, 4) is 0 Å². The Kier molecular flexibility index (Phi) is 10.2. The topological polar surface area (TPSA) is 0 Å². The highest BCUT2D eigenvalue weighted by atomic mass is 13.9. The maximum atomic E-state index is 4.30. The van der Waals surface area contributed by atoms with Crippen LogP contribution in [0.3, 0.4) is 0 Å². The average molecular weight is 208 g/mol. The summed E-state index contributed by atoms with van der Waals surface area (Å²) in [7, 11) is 0. The fourth-order valence-corrected chi connectivity index (χ4v) is 2.06. The highest BCUT2D eigenvalue weighted by Gasteiger charge is 2.15. The lowest BCUT2D eigenvalue weighted by molar-refractivity contribution is 0.794. The van der Waals surface area contributed by atoms with Gasteiger partial charge in [-0.25, -0.2) is 0 Å². The van der Waals surface area contributed by atoms with E-state index in [2.05, 4.69) is 27.4 Å². The molecule has 0 saturated heterocycles. The van der Waals surface area contributed by atoms with Gasteiger partial charge in [0.2, 0.25) is 0 Å². The molecular formula is C14H29B. The number of rotatable bonds is 10. The molecule has 0 nitrogen and oxygen atoms in total. The number of hydrogen-bond donors (Lipinski definition) is 0. The van der Waals surface area contributed by atoms with Crippen molar-refractivity contribution in [3.05, 3.63) is 12.1 Å². The van der Waals surface area contributed by atoms with Gasteiger partial charge in [0.15, 0.2) is 6.71 Å². The summed E-state index contributed by atoms with van der Waals surface area (Å²) in [6.07, 6.45) is 12.0. The van der Waals surface area contributed by atoms with Gasteiger partial charge in [0.05, 0.1) is 0 Å². The maximum absolute atomic E-state index is 4.30. The van der Waals surface area contributed by atoms with Gasteiger partial charge in [-0.2, -0.15) is 0 Å². The van der Waals surface area contributed by atoms with Crippen molar-refractivity contribution in [2.75, 3.05) is 0 Å². The van der Waals surface area contributed by atoms with Gasteiger partial charge in [0, 0.05) is 0 Å². The third-order valence-electron chi connectivity index (χ3n) is 3.24. The Labute approximate surface area is 97.6 Å². The zero-order chi connectivity index (χ0) is 11.5. The third-order valence-corrected chi connectivity index (χ3v) is 3.24. The molecule has 0 heterocycles. The first-order valence-corrected chi connectivity index (χ1v) is 6.93. The summed E-state index contributed by atoms with van der Waals surface area (Å²) in [5.41, 5.74) is 1.53. The molecule has 0 unspecified atom stereocenters. The molecule has 0 aromatic rings. The summed E-state index contributed by atoms with van der Waals surface area (Å²) in [6.45, 7) is 11.9. The normalized spacial score (nSPS) is 10.3. The molecule has 0 N–H and O–H groups in total. The van der Waals surface area contributed by atoms with Crippen LogP contribution in [-0.2, 0) is 0 Å². The van der Waals surface area contributed by atoms with Gasteiger partial charge in [0.1, 0.15) is 0 Å². The van der Waals surface area contributed by atoms with E-state index in [4.69, 9.17) is 0 Å². The van der Waals surface area contributed by atoms with Crippen molar-refractivity contribution in [2.24, 2.45) is 0 Å². The summed E-state index contributed by atoms with van der Waals surface area (Å²) in [5, 5.41) is 0. The Hall–Kier alpha value is -0.195. The fraction of sp³-hybridized carbons (Fsp3) is 0.857. The monoisotopic (exact) mass is 208 g/mol. The van der Waals surface area contributed by atoms with Crippen LogP contribution >= 0.6 is 0 Å². The van der Waals surface area contributed by atoms with Crippen molar-refractivity contribution < 1.29 is 0 Å². The third kappa shape index (κ3) is 7.70. The van der Waals surface area contributed by atoms with E-state index in [-0.39, 0.29) is 0 Å².